The predicted octanol–water partition coefficient (Wildman–Crippen LogP) is 4.25. The molecule has 8 heteroatoms. The van der Waals surface area contributed by atoms with Crippen LogP contribution in [0.4, 0.5) is 5.13 Å². The van der Waals surface area contributed by atoms with Crippen LogP contribution in [0, 0.1) is 6.92 Å². The first-order chi connectivity index (χ1) is 14.3. The van der Waals surface area contributed by atoms with Crippen LogP contribution in [0.1, 0.15) is 21.6 Å². The number of benzene rings is 2. The highest BCUT2D eigenvalue weighted by atomic mass is 32.2. The summed E-state index contributed by atoms with van der Waals surface area (Å²) in [6.45, 7) is 2.18. The number of hydrogen-bond acceptors (Lipinski definition) is 6. The van der Waals surface area contributed by atoms with Crippen molar-refractivity contribution in [2.45, 2.75) is 18.4 Å². The third-order valence-corrected chi connectivity index (χ3v) is 6.77. The number of aromatic nitrogens is 2. The lowest BCUT2D eigenvalue weighted by Gasteiger charge is -2.20. The number of fused-ring (bicyclic) bond motifs is 1. The Morgan fingerprint density at radius 2 is 1.83 bits per heavy atom. The standard InChI is InChI=1S/C22H19N3O3S2/c1-15-10-11-18-19(13-15)29-22(24-18)25(14-16-7-5-6-12-23-16)21(26)17-8-3-4-9-20(17)30(2,27)28/h3-13H,14H2,1-2H3. The van der Waals surface area contributed by atoms with Gasteiger partial charge in [-0.25, -0.2) is 13.4 Å². The van der Waals surface area contributed by atoms with Gasteiger partial charge < -0.3 is 0 Å². The number of nitrogens with zero attached hydrogens (tertiary/aromatic N) is 3. The van der Waals surface area contributed by atoms with Gasteiger partial charge in [0, 0.05) is 12.5 Å². The monoisotopic (exact) mass is 437 g/mol. The number of rotatable bonds is 5. The molecule has 0 aliphatic rings. The molecular weight excluding hydrogens is 418 g/mol. The topological polar surface area (TPSA) is 80.2 Å². The van der Waals surface area contributed by atoms with E-state index in [9.17, 15) is 13.2 Å². The van der Waals surface area contributed by atoms with Crippen LogP contribution in [0.3, 0.4) is 0 Å². The van der Waals surface area contributed by atoms with E-state index in [0.717, 1.165) is 22.0 Å². The molecule has 0 radical (unpaired) electrons. The van der Waals surface area contributed by atoms with E-state index in [4.69, 9.17) is 0 Å². The number of carbonyl (C=O) groups is 1. The minimum Gasteiger partial charge on any atom is -0.278 e. The molecule has 0 saturated carbocycles. The molecule has 4 rings (SSSR count). The van der Waals surface area contributed by atoms with Gasteiger partial charge in [0.15, 0.2) is 15.0 Å². The summed E-state index contributed by atoms with van der Waals surface area (Å²) in [6, 6.07) is 17.6. The molecule has 30 heavy (non-hydrogen) atoms. The van der Waals surface area contributed by atoms with Gasteiger partial charge >= 0.3 is 0 Å². The summed E-state index contributed by atoms with van der Waals surface area (Å²) in [5, 5.41) is 0.495. The zero-order chi connectivity index (χ0) is 21.3. The summed E-state index contributed by atoms with van der Waals surface area (Å²) in [5.41, 5.74) is 2.68. The number of sulfone groups is 1. The number of carbonyl (C=O) groups excluding carboxylic acids is 1. The Labute approximate surface area is 178 Å². The van der Waals surface area contributed by atoms with Crippen molar-refractivity contribution >= 4 is 42.4 Å². The van der Waals surface area contributed by atoms with E-state index < -0.39 is 15.7 Å². The van der Waals surface area contributed by atoms with Gasteiger partial charge in [-0.05, 0) is 48.9 Å². The summed E-state index contributed by atoms with van der Waals surface area (Å²) in [4.78, 5) is 24.0. The molecule has 152 valence electrons. The number of pyridine rings is 1. The largest absolute Gasteiger partial charge is 0.278 e. The Bertz CT molecular complexity index is 1330. The van der Waals surface area contributed by atoms with Crippen molar-refractivity contribution in [3.63, 3.8) is 0 Å². The minimum atomic E-state index is -3.58. The van der Waals surface area contributed by atoms with Crippen LogP contribution in [0.2, 0.25) is 0 Å². The quantitative estimate of drug-likeness (QED) is 0.466. The second-order valence-corrected chi connectivity index (χ2v) is 9.94. The molecule has 2 heterocycles. The summed E-state index contributed by atoms with van der Waals surface area (Å²) >= 11 is 1.39. The van der Waals surface area contributed by atoms with Crippen LogP contribution in [0.15, 0.2) is 71.8 Å². The van der Waals surface area contributed by atoms with Crippen molar-refractivity contribution in [3.05, 3.63) is 83.7 Å². The molecule has 2 aromatic carbocycles. The van der Waals surface area contributed by atoms with Crippen molar-refractivity contribution in [1.82, 2.24) is 9.97 Å². The Morgan fingerprint density at radius 3 is 2.57 bits per heavy atom. The minimum absolute atomic E-state index is 0.00187. The zero-order valence-electron chi connectivity index (χ0n) is 16.4. The van der Waals surface area contributed by atoms with Crippen molar-refractivity contribution in [1.29, 1.82) is 0 Å². The Balaban J connectivity index is 1.84. The molecule has 0 N–H and O–H groups in total. The third kappa shape index (κ3) is 4.10. The summed E-state index contributed by atoms with van der Waals surface area (Å²) in [7, 11) is -3.58. The van der Waals surface area contributed by atoms with E-state index in [1.807, 2.05) is 37.3 Å². The predicted molar refractivity (Wildman–Crippen MR) is 119 cm³/mol. The molecule has 6 nitrogen and oxygen atoms in total. The van der Waals surface area contributed by atoms with Crippen LogP contribution in [0.5, 0.6) is 0 Å². The second-order valence-electron chi connectivity index (χ2n) is 6.95. The van der Waals surface area contributed by atoms with Gasteiger partial charge in [-0.15, -0.1) is 0 Å². The van der Waals surface area contributed by atoms with E-state index in [0.29, 0.717) is 10.8 Å². The van der Waals surface area contributed by atoms with Gasteiger partial charge in [-0.2, -0.15) is 0 Å². The average molecular weight is 438 g/mol. The number of anilines is 1. The lowest BCUT2D eigenvalue weighted by Crippen LogP contribution is -2.31. The van der Waals surface area contributed by atoms with Crippen LogP contribution in [-0.2, 0) is 16.4 Å². The van der Waals surface area contributed by atoms with Gasteiger partial charge in [0.1, 0.15) is 0 Å². The van der Waals surface area contributed by atoms with Crippen LogP contribution in [-0.4, -0.2) is 30.5 Å². The molecule has 0 bridgehead atoms. The fourth-order valence-corrected chi connectivity index (χ4v) is 5.07. The highest BCUT2D eigenvalue weighted by Crippen LogP contribution is 2.32. The Hall–Kier alpha value is -3.10. The number of thiazole rings is 1. The molecule has 0 unspecified atom stereocenters. The van der Waals surface area contributed by atoms with Gasteiger partial charge in [-0.3, -0.25) is 14.7 Å². The summed E-state index contributed by atoms with van der Waals surface area (Å²) in [5.74, 6) is -0.433. The molecule has 4 aromatic rings. The fourth-order valence-electron chi connectivity index (χ4n) is 3.13. The first kappa shape index (κ1) is 20.2. The van der Waals surface area contributed by atoms with E-state index in [2.05, 4.69) is 9.97 Å². The van der Waals surface area contributed by atoms with Crippen LogP contribution >= 0.6 is 11.3 Å². The average Bonchev–Trinajstić information content (AvgIpc) is 3.14. The molecule has 0 spiro atoms. The second kappa shape index (κ2) is 7.97. The normalized spacial score (nSPS) is 11.5. The molecule has 0 saturated heterocycles. The number of hydrogen-bond donors (Lipinski definition) is 0. The van der Waals surface area contributed by atoms with Crippen LogP contribution in [0.25, 0.3) is 10.2 Å². The molecule has 0 aliphatic carbocycles. The lowest BCUT2D eigenvalue weighted by molar-refractivity contribution is 0.0981. The Kier molecular flexibility index (Phi) is 5.36. The summed E-state index contributed by atoms with van der Waals surface area (Å²) < 4.78 is 25.5. The van der Waals surface area contributed by atoms with Gasteiger partial charge in [0.05, 0.1) is 32.9 Å². The van der Waals surface area contributed by atoms with Gasteiger partial charge in [0.2, 0.25) is 0 Å². The van der Waals surface area contributed by atoms with Gasteiger partial charge in [0.25, 0.3) is 5.91 Å². The maximum absolute atomic E-state index is 13.6. The number of amides is 1. The van der Waals surface area contributed by atoms with E-state index in [1.54, 1.807) is 24.4 Å². The Morgan fingerprint density at radius 1 is 1.07 bits per heavy atom. The SMILES string of the molecule is Cc1ccc2nc(N(Cc3ccccn3)C(=O)c3ccccc3S(C)(=O)=O)sc2c1. The van der Waals surface area contributed by atoms with E-state index >= 15 is 0 Å². The maximum Gasteiger partial charge on any atom is 0.261 e. The zero-order valence-corrected chi connectivity index (χ0v) is 18.1. The highest BCUT2D eigenvalue weighted by Gasteiger charge is 2.26. The van der Waals surface area contributed by atoms with Gasteiger partial charge in [-0.1, -0.05) is 35.6 Å². The molecule has 0 fully saturated rings. The van der Waals surface area contributed by atoms with Crippen molar-refractivity contribution in [2.24, 2.45) is 0 Å². The molecule has 2 aromatic heterocycles. The molecule has 0 aliphatic heterocycles. The summed E-state index contributed by atoms with van der Waals surface area (Å²) in [6.07, 6.45) is 2.76. The molecular formula is C22H19N3O3S2. The van der Waals surface area contributed by atoms with Crippen LogP contribution < -0.4 is 4.90 Å². The maximum atomic E-state index is 13.6. The molecule has 0 atom stereocenters. The fraction of sp³-hybridized carbons (Fsp3) is 0.136. The first-order valence-corrected chi connectivity index (χ1v) is 11.9. The first-order valence-electron chi connectivity index (χ1n) is 9.21. The molecule has 1 amide bonds. The highest BCUT2D eigenvalue weighted by molar-refractivity contribution is 7.90. The van der Waals surface area contributed by atoms with E-state index in [-0.39, 0.29) is 17.0 Å². The smallest absolute Gasteiger partial charge is 0.261 e. The number of aryl methyl sites for hydroxylation is 1. The van der Waals surface area contributed by atoms with E-state index in [1.165, 1.54) is 28.4 Å². The van der Waals surface area contributed by atoms with Crippen molar-refractivity contribution in [2.75, 3.05) is 11.2 Å². The van der Waals surface area contributed by atoms with Crippen molar-refractivity contribution in [3.8, 4) is 0 Å². The van der Waals surface area contributed by atoms with Crippen molar-refractivity contribution < 1.29 is 13.2 Å². The third-order valence-electron chi connectivity index (χ3n) is 4.57. The lowest BCUT2D eigenvalue weighted by atomic mass is 10.2.